The summed E-state index contributed by atoms with van der Waals surface area (Å²) in [6.45, 7) is 5.89. The lowest BCUT2D eigenvalue weighted by molar-refractivity contribution is 0.594. The number of H-pyrrole nitrogens is 1. The third kappa shape index (κ3) is 2.95. The van der Waals surface area contributed by atoms with Crippen LogP contribution in [0.1, 0.15) is 46.0 Å². The number of hydrogen-bond donors (Lipinski definition) is 2. The van der Waals surface area contributed by atoms with Crippen LogP contribution in [0.15, 0.2) is 16.1 Å². The van der Waals surface area contributed by atoms with Gasteiger partial charge < -0.3 is 14.9 Å². The van der Waals surface area contributed by atoms with E-state index in [1.807, 2.05) is 4.57 Å². The molecule has 7 nitrogen and oxygen atoms in total. The fourth-order valence-corrected chi connectivity index (χ4v) is 2.86. The summed E-state index contributed by atoms with van der Waals surface area (Å²) in [5.74, 6) is 1.56. The van der Waals surface area contributed by atoms with Gasteiger partial charge in [-0.05, 0) is 12.8 Å². The number of aryl methyl sites for hydroxylation is 1. The summed E-state index contributed by atoms with van der Waals surface area (Å²) >= 11 is 0. The Kier molecular flexibility index (Phi) is 4.64. The van der Waals surface area contributed by atoms with Crippen molar-refractivity contribution in [2.24, 2.45) is 4.99 Å². The maximum Gasteiger partial charge on any atom is 0.327 e. The van der Waals surface area contributed by atoms with Crippen LogP contribution in [0.25, 0.3) is 11.4 Å². The smallest absolute Gasteiger partial charge is 0.327 e. The molecule has 0 radical (unpaired) electrons. The Morgan fingerprint density at radius 2 is 1.96 bits per heavy atom. The van der Waals surface area contributed by atoms with Gasteiger partial charge >= 0.3 is 5.69 Å². The van der Waals surface area contributed by atoms with Gasteiger partial charge in [0.2, 0.25) is 0 Å². The van der Waals surface area contributed by atoms with E-state index >= 15 is 0 Å². The average molecular weight is 316 g/mol. The van der Waals surface area contributed by atoms with E-state index in [9.17, 15) is 4.79 Å². The number of fused-ring (bicyclic) bond motifs is 3. The Balaban J connectivity index is 1.97. The number of nitrogens with one attached hydrogen (secondary N) is 2. The van der Waals surface area contributed by atoms with Gasteiger partial charge in [0.05, 0.1) is 12.7 Å². The molecule has 0 atom stereocenters. The van der Waals surface area contributed by atoms with Crippen molar-refractivity contribution in [3.8, 4) is 11.4 Å². The quantitative estimate of drug-likeness (QED) is 0.770. The number of unbranched alkanes of at least 4 members (excludes halogenated alkanes) is 3. The van der Waals surface area contributed by atoms with E-state index in [0.717, 1.165) is 61.7 Å². The molecule has 0 aromatic carbocycles. The molecule has 1 aliphatic rings. The van der Waals surface area contributed by atoms with E-state index in [0.29, 0.717) is 6.54 Å². The van der Waals surface area contributed by atoms with E-state index < -0.39 is 0 Å². The highest BCUT2D eigenvalue weighted by atomic mass is 16.1. The second kappa shape index (κ2) is 6.85. The zero-order valence-corrected chi connectivity index (χ0v) is 13.8. The molecule has 2 aromatic rings. The van der Waals surface area contributed by atoms with Gasteiger partial charge in [-0.25, -0.2) is 14.8 Å². The number of aromatic nitrogens is 4. The summed E-state index contributed by atoms with van der Waals surface area (Å²) in [6.07, 6.45) is 8.87. The molecule has 2 N–H and O–H groups in total. The molecule has 2 aromatic heterocycles. The number of imidazole rings is 2. The minimum Gasteiger partial charge on any atom is -0.330 e. The lowest BCUT2D eigenvalue weighted by Gasteiger charge is -2.06. The second-order valence-electron chi connectivity index (χ2n) is 5.88. The number of rotatable bonds is 7. The zero-order valence-electron chi connectivity index (χ0n) is 13.8. The summed E-state index contributed by atoms with van der Waals surface area (Å²) < 4.78 is 3.79. The molecule has 7 heteroatoms. The van der Waals surface area contributed by atoms with Crippen molar-refractivity contribution in [1.29, 1.82) is 0 Å². The molecule has 0 amide bonds. The molecule has 23 heavy (non-hydrogen) atoms. The molecule has 3 heterocycles. The first-order valence-corrected chi connectivity index (χ1v) is 8.43. The summed E-state index contributed by atoms with van der Waals surface area (Å²) in [6, 6.07) is 0. The second-order valence-corrected chi connectivity index (χ2v) is 5.88. The van der Waals surface area contributed by atoms with E-state index in [2.05, 4.69) is 34.1 Å². The minimum atomic E-state index is -0.0945. The van der Waals surface area contributed by atoms with E-state index in [-0.39, 0.29) is 5.69 Å². The van der Waals surface area contributed by atoms with E-state index in [4.69, 9.17) is 0 Å². The van der Waals surface area contributed by atoms with Crippen molar-refractivity contribution in [1.82, 2.24) is 19.1 Å². The van der Waals surface area contributed by atoms with Crippen LogP contribution < -0.4 is 11.0 Å². The standard InChI is InChI=1S/C16H24N6O/c1-3-5-7-9-22-15-13(20-16(22)23)12-14(17-10-18-15)21(11-19-12)8-6-4-2/h10-11H,3-9H2,1-2H3,(H,17,18)(H,20,23). The molecule has 0 bridgehead atoms. The minimum absolute atomic E-state index is 0.0945. The highest BCUT2D eigenvalue weighted by Gasteiger charge is 2.23. The van der Waals surface area contributed by atoms with Crippen molar-refractivity contribution < 1.29 is 0 Å². The Labute approximate surface area is 135 Å². The average Bonchev–Trinajstić information content (AvgIpc) is 3.02. The van der Waals surface area contributed by atoms with Crippen LogP contribution in [0, 0.1) is 0 Å². The van der Waals surface area contributed by atoms with Crippen LogP contribution in [-0.2, 0) is 13.1 Å². The van der Waals surface area contributed by atoms with Crippen LogP contribution in [0.2, 0.25) is 0 Å². The SMILES string of the molecule is CCCCCn1c2c([nH]c1=O)-c1ncn(CCCC)c1N=CN2. The van der Waals surface area contributed by atoms with Crippen LogP contribution in [0.3, 0.4) is 0 Å². The molecular formula is C16H24N6O. The van der Waals surface area contributed by atoms with Gasteiger partial charge in [0.1, 0.15) is 17.2 Å². The molecule has 0 saturated carbocycles. The highest BCUT2D eigenvalue weighted by molar-refractivity contribution is 5.89. The first-order chi connectivity index (χ1) is 11.3. The molecule has 0 saturated heterocycles. The number of anilines is 1. The lowest BCUT2D eigenvalue weighted by Crippen LogP contribution is -2.19. The molecule has 0 fully saturated rings. The van der Waals surface area contributed by atoms with Gasteiger partial charge in [0.25, 0.3) is 0 Å². The van der Waals surface area contributed by atoms with Gasteiger partial charge in [0, 0.05) is 13.1 Å². The van der Waals surface area contributed by atoms with Crippen molar-refractivity contribution >= 4 is 18.0 Å². The Morgan fingerprint density at radius 3 is 2.74 bits per heavy atom. The largest absolute Gasteiger partial charge is 0.330 e. The fourth-order valence-electron chi connectivity index (χ4n) is 2.86. The molecule has 124 valence electrons. The highest BCUT2D eigenvalue weighted by Crippen LogP contribution is 2.34. The first-order valence-electron chi connectivity index (χ1n) is 8.43. The topological polar surface area (TPSA) is 80.0 Å². The third-order valence-electron chi connectivity index (χ3n) is 4.16. The van der Waals surface area contributed by atoms with Crippen LogP contribution in [-0.4, -0.2) is 25.4 Å². The van der Waals surface area contributed by atoms with Gasteiger partial charge in [-0.2, -0.15) is 0 Å². The lowest BCUT2D eigenvalue weighted by atomic mass is 10.2. The maximum absolute atomic E-state index is 12.3. The van der Waals surface area contributed by atoms with Crippen LogP contribution in [0.4, 0.5) is 11.6 Å². The third-order valence-corrected chi connectivity index (χ3v) is 4.16. The molecule has 1 aliphatic heterocycles. The zero-order chi connectivity index (χ0) is 16.2. The summed E-state index contributed by atoms with van der Waals surface area (Å²) in [4.78, 5) is 24.2. The summed E-state index contributed by atoms with van der Waals surface area (Å²) in [7, 11) is 0. The van der Waals surface area contributed by atoms with Crippen molar-refractivity contribution in [2.45, 2.75) is 59.0 Å². The van der Waals surface area contributed by atoms with Crippen molar-refractivity contribution in [3.05, 3.63) is 16.8 Å². The van der Waals surface area contributed by atoms with Gasteiger partial charge in [0.15, 0.2) is 5.82 Å². The van der Waals surface area contributed by atoms with Gasteiger partial charge in [-0.3, -0.25) is 4.57 Å². The van der Waals surface area contributed by atoms with Gasteiger partial charge in [-0.1, -0.05) is 33.1 Å². The van der Waals surface area contributed by atoms with Gasteiger partial charge in [-0.15, -0.1) is 0 Å². The number of aromatic amines is 1. The number of hydrogen-bond acceptors (Lipinski definition) is 4. The Hall–Kier alpha value is -2.31. The molecule has 3 rings (SSSR count). The number of aliphatic imine (C=N–C) groups is 1. The predicted octanol–water partition coefficient (Wildman–Crippen LogP) is 3.12. The fraction of sp³-hybridized carbons (Fsp3) is 0.562. The predicted molar refractivity (Wildman–Crippen MR) is 92.5 cm³/mol. The molecule has 0 unspecified atom stereocenters. The summed E-state index contributed by atoms with van der Waals surface area (Å²) in [5, 5.41) is 3.14. The van der Waals surface area contributed by atoms with Crippen molar-refractivity contribution in [2.75, 3.05) is 5.32 Å². The van der Waals surface area contributed by atoms with Crippen LogP contribution in [0.5, 0.6) is 0 Å². The van der Waals surface area contributed by atoms with E-state index in [1.54, 1.807) is 17.2 Å². The monoisotopic (exact) mass is 316 g/mol. The molecule has 0 aliphatic carbocycles. The maximum atomic E-state index is 12.3. The molecular weight excluding hydrogens is 292 g/mol. The Morgan fingerprint density at radius 1 is 1.13 bits per heavy atom. The first kappa shape index (κ1) is 15.6. The number of nitrogens with zero attached hydrogens (tertiary/aromatic N) is 4. The summed E-state index contributed by atoms with van der Waals surface area (Å²) in [5.41, 5.74) is 1.38. The van der Waals surface area contributed by atoms with Crippen LogP contribution >= 0.6 is 0 Å². The molecule has 0 spiro atoms. The van der Waals surface area contributed by atoms with Crippen molar-refractivity contribution in [3.63, 3.8) is 0 Å². The Bertz CT molecular complexity index is 751. The normalized spacial score (nSPS) is 12.6. The van der Waals surface area contributed by atoms with E-state index in [1.165, 1.54) is 0 Å².